The normalized spacial score (nSPS) is 18.1. The third kappa shape index (κ3) is 16.7. The van der Waals surface area contributed by atoms with Gasteiger partial charge in [0.2, 0.25) is 12.2 Å². The molecule has 2 atom stereocenters. The van der Waals surface area contributed by atoms with E-state index in [4.69, 9.17) is 37.0 Å². The van der Waals surface area contributed by atoms with E-state index in [1.165, 1.54) is 76.0 Å². The number of rotatable bonds is 19. The van der Waals surface area contributed by atoms with Gasteiger partial charge in [0.15, 0.2) is 0 Å². The fourth-order valence-corrected chi connectivity index (χ4v) is 10.9. The van der Waals surface area contributed by atoms with Gasteiger partial charge in [-0.3, -0.25) is 37.1 Å². The molecule has 0 aliphatic carbocycles. The molecular weight excluding hydrogens is 1210 g/mol. The molecule has 0 N–H and O–H groups in total. The lowest BCUT2D eigenvalue weighted by molar-refractivity contribution is -0.204. The summed E-state index contributed by atoms with van der Waals surface area (Å²) in [6.45, 7) is 19.2. The lowest BCUT2D eigenvalue weighted by atomic mass is 9.79. The average molecular weight is 1280 g/mol. The molecule has 16 nitrogen and oxygen atoms in total. The molecule has 0 spiro atoms. The second kappa shape index (κ2) is 26.7. The second-order valence-electron chi connectivity index (χ2n) is 18.1. The summed E-state index contributed by atoms with van der Waals surface area (Å²) in [4.78, 5) is 16.6. The Bertz CT molecular complexity index is 2480. The molecule has 0 bridgehead atoms. The zero-order valence-corrected chi connectivity index (χ0v) is 48.5. The number of anilines is 4. The van der Waals surface area contributed by atoms with Gasteiger partial charge in [0.25, 0.3) is 0 Å². The Balaban J connectivity index is 0.000000325. The summed E-state index contributed by atoms with van der Waals surface area (Å²) in [7, 11) is -9.24. The Morgan fingerprint density at radius 1 is 0.587 bits per heavy atom. The zero-order valence-electron chi connectivity index (χ0n) is 44.0. The highest BCUT2D eigenvalue weighted by Crippen LogP contribution is 2.57. The van der Waals surface area contributed by atoms with Gasteiger partial charge in [-0.1, -0.05) is 28.1 Å². The summed E-state index contributed by atoms with van der Waals surface area (Å²) < 4.78 is 156. The highest BCUT2D eigenvalue weighted by molar-refractivity contribution is 14.0. The van der Waals surface area contributed by atoms with Crippen molar-refractivity contribution in [3.8, 4) is 0 Å². The molecule has 2 aromatic carbocycles. The monoisotopic (exact) mass is 1280 g/mol. The number of pyridine rings is 2. The molecule has 75 heavy (non-hydrogen) atoms. The standard InChI is InChI=1S/C27H38BF3N3O6P.C21H26BrF3N3O4P.HI.H2/c1-7-36-41(35,37-8-2)38-24(27(29,30)31)23-14-13-22(19-32-23)34-17-15-33(16-18-34)21-11-9-20(10-12-21)28-39-25(3,4)26(5,6)40-28;1-3-30-33(29,31-4-2)32-20(21(23,24)25)19-10-9-18(15-26-19)28-13-11-27(12-14-28)17-7-5-16(22)6-8-17;;/h9-14,19,24H,7-8,15-18H2,1-6H3;5-10,15,20H,3-4,11-14H2,1-2H3;2*1H/i;;;1+1/hD. The summed E-state index contributed by atoms with van der Waals surface area (Å²) in [6, 6.07) is 21.8. The number of aromatic nitrogens is 2. The van der Waals surface area contributed by atoms with Gasteiger partial charge in [-0.2, -0.15) is 26.3 Å². The Morgan fingerprint density at radius 3 is 1.16 bits per heavy atom. The lowest BCUT2D eigenvalue weighted by Crippen LogP contribution is -2.46. The van der Waals surface area contributed by atoms with Gasteiger partial charge in [-0.15, -0.1) is 23.8 Å². The van der Waals surface area contributed by atoms with Crippen LogP contribution < -0.4 is 25.1 Å². The van der Waals surface area contributed by atoms with E-state index in [0.717, 1.165) is 47.5 Å². The van der Waals surface area contributed by atoms with Gasteiger partial charge < -0.3 is 28.9 Å². The van der Waals surface area contributed by atoms with Gasteiger partial charge in [0.1, 0.15) is 0.594 Å². The van der Waals surface area contributed by atoms with E-state index >= 15 is 0 Å². The summed E-state index contributed by atoms with van der Waals surface area (Å²) in [6.07, 6.45) is -12.1. The fourth-order valence-electron chi connectivity index (χ4n) is 8.05. The first-order valence-corrected chi connectivity index (χ1v) is 28.0. The number of benzene rings is 2. The molecule has 4 aromatic rings. The van der Waals surface area contributed by atoms with Crippen molar-refractivity contribution in [2.45, 2.75) is 91.2 Å². The quantitative estimate of drug-likeness (QED) is 0.0379. The number of piperazine rings is 2. The molecule has 3 aliphatic heterocycles. The third-order valence-corrected chi connectivity index (χ3v) is 16.3. The van der Waals surface area contributed by atoms with E-state index in [1.54, 1.807) is 12.1 Å². The molecule has 5 heterocycles. The Morgan fingerprint density at radius 2 is 0.880 bits per heavy atom. The molecule has 3 fully saturated rings. The van der Waals surface area contributed by atoms with Gasteiger partial charge in [-0.05, 0) is 122 Å². The van der Waals surface area contributed by atoms with E-state index < -0.39 is 69.9 Å². The van der Waals surface area contributed by atoms with E-state index in [1.807, 2.05) is 76.2 Å². The SMILES string of the molecule is CCOP(=O)(OCC)OC(c1ccc(N2CCN(c3ccc(B4OC(C)(C)C(C)(C)O4)cc3)CC2)cn1)C(F)(F)F.CCOP(=O)(OCC)OC(c1ccc(N2CCN(c3ccc(Br)cc3)CC2)cn1)C(F)(F)F.[2HH].[2H]I. The Kier molecular flexibility index (Phi) is 21.8. The minimum absolute atomic E-state index is 0. The van der Waals surface area contributed by atoms with E-state index in [2.05, 4.69) is 45.5 Å². The van der Waals surface area contributed by atoms with E-state index in [0.29, 0.717) is 37.6 Å². The minimum Gasteiger partial charge on any atom is -0.399 e. The van der Waals surface area contributed by atoms with E-state index in [-0.39, 0.29) is 27.9 Å². The number of hydrogen-bond acceptors (Lipinski definition) is 16. The summed E-state index contributed by atoms with van der Waals surface area (Å²) in [5.74, 6) is 0. The number of hydrogen-bond donors (Lipinski definition) is 0. The van der Waals surface area contributed by atoms with Crippen molar-refractivity contribution < 1.29 is 73.4 Å². The highest BCUT2D eigenvalue weighted by atomic mass is 127. The van der Waals surface area contributed by atoms with Crippen molar-refractivity contribution in [3.63, 3.8) is 0 Å². The Labute approximate surface area is 462 Å². The van der Waals surface area contributed by atoms with Crippen LogP contribution in [0, 0.1) is 0 Å². The van der Waals surface area contributed by atoms with Crippen LogP contribution in [0.5, 0.6) is 0 Å². The maximum absolute atomic E-state index is 13.8. The van der Waals surface area contributed by atoms with Crippen LogP contribution in [0.4, 0.5) is 49.1 Å². The van der Waals surface area contributed by atoms with Gasteiger partial charge in [-0.25, -0.2) is 9.13 Å². The lowest BCUT2D eigenvalue weighted by Gasteiger charge is -2.37. The molecule has 7 rings (SSSR count). The third-order valence-electron chi connectivity index (χ3n) is 12.6. The first-order valence-electron chi connectivity index (χ1n) is 24.6. The first-order chi connectivity index (χ1) is 35.8. The van der Waals surface area contributed by atoms with Crippen molar-refractivity contribution >= 4 is 90.7 Å². The number of halogens is 8. The largest absolute Gasteiger partial charge is 0.494 e. The van der Waals surface area contributed by atoms with E-state index in [9.17, 15) is 35.5 Å². The molecule has 3 aliphatic rings. The number of phosphoric acid groups is 2. The first kappa shape index (κ1) is 61.2. The zero-order chi connectivity index (χ0) is 56.1. The topological polar surface area (TPSA) is 147 Å². The van der Waals surface area contributed by atoms with Crippen LogP contribution in [0.2, 0.25) is 0 Å². The summed E-state index contributed by atoms with van der Waals surface area (Å²) in [5, 5.41) is 0. The van der Waals surface area contributed by atoms with Gasteiger partial charge in [0, 0.05) is 69.6 Å². The smallest absolute Gasteiger partial charge is 0.399 e. The molecule has 27 heteroatoms. The number of phosphoric ester groups is 2. The van der Waals surface area contributed by atoms with Crippen LogP contribution >= 0.6 is 55.4 Å². The molecule has 2 unspecified atom stereocenters. The minimum atomic E-state index is -4.87. The Hall–Kier alpha value is -3.07. The van der Waals surface area contributed by atoms with Crippen LogP contribution in [0.15, 0.2) is 89.7 Å². The predicted octanol–water partition coefficient (Wildman–Crippen LogP) is 12.3. The van der Waals surface area contributed by atoms with Crippen LogP contribution in [0.25, 0.3) is 0 Å². The number of nitrogens with zero attached hydrogens (tertiary/aromatic N) is 6. The van der Waals surface area contributed by atoms with Crippen molar-refractivity contribution in [3.05, 3.63) is 101 Å². The molecule has 0 saturated carbocycles. The van der Waals surface area contributed by atoms with Crippen LogP contribution in [-0.2, 0) is 45.6 Å². The van der Waals surface area contributed by atoms with Crippen LogP contribution in [-0.4, -0.2) is 120 Å². The fraction of sp³-hybridized carbons (Fsp3) is 0.542. The van der Waals surface area contributed by atoms with Gasteiger partial charge >= 0.3 is 35.1 Å². The summed E-state index contributed by atoms with van der Waals surface area (Å²) >= 11 is 4.83. The van der Waals surface area contributed by atoms with Crippen molar-refractivity contribution in [2.75, 3.05) is 98.4 Å². The molecule has 418 valence electrons. The second-order valence-corrected chi connectivity index (χ2v) is 22.3. The molecule has 3 saturated heterocycles. The van der Waals surface area contributed by atoms with Crippen LogP contribution in [0.3, 0.4) is 0 Å². The van der Waals surface area contributed by atoms with Gasteiger partial charge in [0.05, 0.1) is 72.8 Å². The molecule has 0 radical (unpaired) electrons. The number of alkyl halides is 6. The van der Waals surface area contributed by atoms with Crippen molar-refractivity contribution in [2.24, 2.45) is 0 Å². The highest BCUT2D eigenvalue weighted by Gasteiger charge is 2.52. The molecule has 0 amide bonds. The molecule has 2 aromatic heterocycles. The summed E-state index contributed by atoms with van der Waals surface area (Å²) in [5.41, 5.74) is 2.86. The maximum Gasteiger partial charge on any atom is 0.494 e. The predicted molar refractivity (Wildman–Crippen MR) is 293 cm³/mol. The average Bonchev–Trinajstić information content (AvgIpc) is 3.61. The van der Waals surface area contributed by atoms with Crippen molar-refractivity contribution in [1.82, 2.24) is 9.97 Å². The molecular formula is C48H67BBrF6IN6O10P2. The van der Waals surface area contributed by atoms with Crippen LogP contribution in [0.1, 0.15) is 80.4 Å². The maximum atomic E-state index is 13.8. The van der Waals surface area contributed by atoms with Crippen molar-refractivity contribution in [1.29, 1.82) is 0.594 Å².